The van der Waals surface area contributed by atoms with Crippen molar-refractivity contribution in [2.75, 3.05) is 11.9 Å². The van der Waals surface area contributed by atoms with Gasteiger partial charge in [0, 0.05) is 6.54 Å². The Balaban J connectivity index is 2.01. The van der Waals surface area contributed by atoms with E-state index in [2.05, 4.69) is 10.3 Å². The van der Waals surface area contributed by atoms with Gasteiger partial charge in [-0.2, -0.15) is 0 Å². The Morgan fingerprint density at radius 3 is 2.90 bits per heavy atom. The van der Waals surface area contributed by atoms with Crippen LogP contribution in [-0.2, 0) is 6.42 Å². The Morgan fingerprint density at radius 1 is 1.40 bits per heavy atom. The fourth-order valence-electron chi connectivity index (χ4n) is 1.95. The molecule has 1 heterocycles. The van der Waals surface area contributed by atoms with E-state index in [0.29, 0.717) is 18.7 Å². The van der Waals surface area contributed by atoms with Gasteiger partial charge in [0.25, 0.3) is 0 Å². The summed E-state index contributed by atoms with van der Waals surface area (Å²) >= 11 is 0. The summed E-state index contributed by atoms with van der Waals surface area (Å²) < 4.78 is 13.0. The molecule has 2 rings (SSSR count). The van der Waals surface area contributed by atoms with Gasteiger partial charge in [-0.05, 0) is 58.6 Å². The third-order valence-corrected chi connectivity index (χ3v) is 2.97. The molecular weight excluding hydrogens is 261 g/mol. The standard InChI is InChI=1S/C14H14FN3O2/c1-10-9-12(15)5-4-11(10)6-8-16-13-3-2-7-17-14(13)18(19)20/h2-5,7,9,16H,6,8H2,1H3. The van der Waals surface area contributed by atoms with Crippen LogP contribution >= 0.6 is 0 Å². The van der Waals surface area contributed by atoms with Crippen molar-refractivity contribution in [3.8, 4) is 0 Å². The van der Waals surface area contributed by atoms with Gasteiger partial charge in [-0.1, -0.05) is 6.07 Å². The molecule has 6 heteroatoms. The van der Waals surface area contributed by atoms with E-state index in [-0.39, 0.29) is 11.6 Å². The molecule has 0 bridgehead atoms. The Labute approximate surface area is 115 Å². The van der Waals surface area contributed by atoms with E-state index in [4.69, 9.17) is 0 Å². The number of hydrogen-bond acceptors (Lipinski definition) is 4. The van der Waals surface area contributed by atoms with Crippen molar-refractivity contribution >= 4 is 11.5 Å². The molecule has 5 nitrogen and oxygen atoms in total. The molecule has 0 spiro atoms. The predicted octanol–water partition coefficient (Wildman–Crippen LogP) is 3.09. The van der Waals surface area contributed by atoms with E-state index in [1.807, 2.05) is 6.92 Å². The van der Waals surface area contributed by atoms with Gasteiger partial charge < -0.3 is 15.4 Å². The topological polar surface area (TPSA) is 68.1 Å². The predicted molar refractivity (Wildman–Crippen MR) is 74.2 cm³/mol. The monoisotopic (exact) mass is 275 g/mol. The van der Waals surface area contributed by atoms with Crippen molar-refractivity contribution in [2.24, 2.45) is 0 Å². The van der Waals surface area contributed by atoms with E-state index in [0.717, 1.165) is 11.1 Å². The van der Waals surface area contributed by atoms with Crippen molar-refractivity contribution in [3.63, 3.8) is 0 Å². The molecule has 0 radical (unpaired) electrons. The summed E-state index contributed by atoms with van der Waals surface area (Å²) in [4.78, 5) is 14.0. The minimum Gasteiger partial charge on any atom is -0.378 e. The molecule has 1 aromatic carbocycles. The average molecular weight is 275 g/mol. The second-order valence-electron chi connectivity index (χ2n) is 4.38. The van der Waals surface area contributed by atoms with Gasteiger partial charge in [0.05, 0.1) is 0 Å². The molecule has 0 fully saturated rings. The number of hydrogen-bond donors (Lipinski definition) is 1. The lowest BCUT2D eigenvalue weighted by Crippen LogP contribution is -2.08. The van der Waals surface area contributed by atoms with Crippen LogP contribution in [0.1, 0.15) is 11.1 Å². The molecule has 0 aliphatic heterocycles. The summed E-state index contributed by atoms with van der Waals surface area (Å²) in [6, 6.07) is 7.86. The van der Waals surface area contributed by atoms with Crippen molar-refractivity contribution in [2.45, 2.75) is 13.3 Å². The number of aromatic nitrogens is 1. The molecule has 104 valence electrons. The molecule has 0 atom stereocenters. The van der Waals surface area contributed by atoms with Crippen molar-refractivity contribution in [1.82, 2.24) is 4.98 Å². The third-order valence-electron chi connectivity index (χ3n) is 2.97. The Bertz CT molecular complexity index is 632. The Hall–Kier alpha value is -2.50. The second-order valence-corrected chi connectivity index (χ2v) is 4.38. The quantitative estimate of drug-likeness (QED) is 0.672. The Morgan fingerprint density at radius 2 is 2.20 bits per heavy atom. The van der Waals surface area contributed by atoms with E-state index >= 15 is 0 Å². The number of nitrogens with zero attached hydrogens (tertiary/aromatic N) is 2. The first-order valence-electron chi connectivity index (χ1n) is 6.16. The van der Waals surface area contributed by atoms with Crippen LogP contribution in [0.5, 0.6) is 0 Å². The zero-order chi connectivity index (χ0) is 14.5. The molecule has 0 aliphatic rings. The number of pyridine rings is 1. The number of rotatable bonds is 5. The highest BCUT2D eigenvalue weighted by Gasteiger charge is 2.13. The minimum atomic E-state index is -0.522. The molecule has 0 saturated carbocycles. The van der Waals surface area contributed by atoms with Crippen LogP contribution in [0.15, 0.2) is 36.5 Å². The van der Waals surface area contributed by atoms with Crippen LogP contribution < -0.4 is 5.32 Å². The molecule has 1 aromatic heterocycles. The second kappa shape index (κ2) is 6.10. The largest absolute Gasteiger partial charge is 0.386 e. The normalized spacial score (nSPS) is 10.3. The van der Waals surface area contributed by atoms with Crippen molar-refractivity contribution in [1.29, 1.82) is 0 Å². The van der Waals surface area contributed by atoms with E-state index in [1.54, 1.807) is 18.2 Å². The summed E-state index contributed by atoms with van der Waals surface area (Å²) in [5.74, 6) is -0.453. The van der Waals surface area contributed by atoms with Crippen LogP contribution in [0, 0.1) is 22.9 Å². The lowest BCUT2D eigenvalue weighted by molar-refractivity contribution is -0.388. The van der Waals surface area contributed by atoms with Crippen LogP contribution in [-0.4, -0.2) is 16.5 Å². The number of nitro groups is 1. The maximum absolute atomic E-state index is 13.0. The van der Waals surface area contributed by atoms with Crippen molar-refractivity contribution < 1.29 is 9.31 Å². The first kappa shape index (κ1) is 13.9. The summed E-state index contributed by atoms with van der Waals surface area (Å²) in [5.41, 5.74) is 2.26. The maximum Gasteiger partial charge on any atom is 0.386 e. The highest BCUT2D eigenvalue weighted by molar-refractivity contribution is 5.56. The van der Waals surface area contributed by atoms with Crippen LogP contribution in [0.3, 0.4) is 0 Å². The lowest BCUT2D eigenvalue weighted by atomic mass is 10.1. The zero-order valence-electron chi connectivity index (χ0n) is 11.0. The fraction of sp³-hybridized carbons (Fsp3) is 0.214. The molecule has 0 amide bonds. The smallest absolute Gasteiger partial charge is 0.378 e. The summed E-state index contributed by atoms with van der Waals surface area (Å²) in [6.45, 7) is 2.35. The number of aryl methyl sites for hydroxylation is 1. The van der Waals surface area contributed by atoms with E-state index in [9.17, 15) is 14.5 Å². The minimum absolute atomic E-state index is 0.191. The molecule has 2 aromatic rings. The van der Waals surface area contributed by atoms with E-state index < -0.39 is 4.92 Å². The number of anilines is 1. The van der Waals surface area contributed by atoms with Gasteiger partial charge in [-0.25, -0.2) is 4.39 Å². The van der Waals surface area contributed by atoms with Crippen LogP contribution in [0.25, 0.3) is 0 Å². The van der Waals surface area contributed by atoms with E-state index in [1.165, 1.54) is 18.3 Å². The fourth-order valence-corrected chi connectivity index (χ4v) is 1.95. The SMILES string of the molecule is Cc1cc(F)ccc1CCNc1cccnc1[N+](=O)[O-]. The number of nitrogens with one attached hydrogen (secondary N) is 1. The van der Waals surface area contributed by atoms with Crippen molar-refractivity contribution in [3.05, 3.63) is 63.6 Å². The summed E-state index contributed by atoms with van der Waals surface area (Å²) in [6.07, 6.45) is 2.03. The molecule has 20 heavy (non-hydrogen) atoms. The van der Waals surface area contributed by atoms with Gasteiger partial charge in [0.1, 0.15) is 17.7 Å². The first-order valence-corrected chi connectivity index (χ1v) is 6.16. The average Bonchev–Trinajstić information content (AvgIpc) is 2.41. The van der Waals surface area contributed by atoms with Crippen LogP contribution in [0.4, 0.5) is 15.9 Å². The Kier molecular flexibility index (Phi) is 4.24. The van der Waals surface area contributed by atoms with Gasteiger partial charge in [-0.15, -0.1) is 0 Å². The zero-order valence-corrected chi connectivity index (χ0v) is 11.0. The summed E-state index contributed by atoms with van der Waals surface area (Å²) in [5, 5.41) is 13.8. The van der Waals surface area contributed by atoms with Gasteiger partial charge in [-0.3, -0.25) is 0 Å². The third kappa shape index (κ3) is 3.28. The highest BCUT2D eigenvalue weighted by atomic mass is 19.1. The molecular formula is C14H14FN3O2. The molecule has 0 unspecified atom stereocenters. The lowest BCUT2D eigenvalue weighted by Gasteiger charge is -2.08. The van der Waals surface area contributed by atoms with Crippen LogP contribution in [0.2, 0.25) is 0 Å². The number of benzene rings is 1. The van der Waals surface area contributed by atoms with Gasteiger partial charge in [0.15, 0.2) is 0 Å². The molecule has 0 saturated heterocycles. The molecule has 0 aliphatic carbocycles. The van der Waals surface area contributed by atoms with Gasteiger partial charge >= 0.3 is 5.82 Å². The summed E-state index contributed by atoms with van der Waals surface area (Å²) in [7, 11) is 0. The maximum atomic E-state index is 13.0. The first-order chi connectivity index (χ1) is 9.58. The van der Waals surface area contributed by atoms with Gasteiger partial charge in [0.2, 0.25) is 0 Å². The highest BCUT2D eigenvalue weighted by Crippen LogP contribution is 2.20. The molecule has 1 N–H and O–H groups in total. The number of halogens is 1.